The summed E-state index contributed by atoms with van der Waals surface area (Å²) in [5.41, 5.74) is 1.60. The molecule has 1 atom stereocenters. The summed E-state index contributed by atoms with van der Waals surface area (Å²) >= 11 is 1.60. The molecule has 1 fully saturated rings. The number of carbonyl (C=O) groups excluding carboxylic acids is 1. The van der Waals surface area contributed by atoms with Gasteiger partial charge in [-0.2, -0.15) is 4.98 Å². The molecule has 4 rings (SSSR count). The molecule has 1 saturated heterocycles. The molecule has 1 aliphatic heterocycles. The molecule has 1 amide bonds. The molecular formula is C18H18N4O2S. The molecule has 0 bridgehead atoms. The largest absolute Gasteiger partial charge is 0.339 e. The van der Waals surface area contributed by atoms with Crippen LogP contribution in [-0.4, -0.2) is 39.0 Å². The molecule has 0 radical (unpaired) electrons. The summed E-state index contributed by atoms with van der Waals surface area (Å²) in [6, 6.07) is 5.69. The molecule has 0 spiro atoms. The van der Waals surface area contributed by atoms with Gasteiger partial charge in [-0.3, -0.25) is 9.78 Å². The molecular weight excluding hydrogens is 336 g/mol. The van der Waals surface area contributed by atoms with Crippen molar-refractivity contribution in [1.29, 1.82) is 0 Å². The number of likely N-dealkylation sites (tertiary alicyclic amines) is 1. The second-order valence-corrected chi connectivity index (χ2v) is 7.35. The van der Waals surface area contributed by atoms with E-state index >= 15 is 0 Å². The number of amides is 1. The lowest BCUT2D eigenvalue weighted by Crippen LogP contribution is -2.39. The third-order valence-electron chi connectivity index (χ3n) is 4.40. The molecule has 0 N–H and O–H groups in total. The minimum atomic E-state index is 0.0790. The van der Waals surface area contributed by atoms with Crippen LogP contribution in [0, 0.1) is 6.92 Å². The number of pyridine rings is 1. The van der Waals surface area contributed by atoms with Crippen molar-refractivity contribution in [3.05, 3.63) is 52.3 Å². The van der Waals surface area contributed by atoms with E-state index in [1.807, 2.05) is 35.4 Å². The van der Waals surface area contributed by atoms with Gasteiger partial charge in [-0.05, 0) is 38.0 Å². The SMILES string of the molecule is Cc1cc(C(=O)N2CCC[C@@H](c3nc(-c4cccnc4)no3)C2)cs1. The third-order valence-corrected chi connectivity index (χ3v) is 5.26. The molecule has 128 valence electrons. The van der Waals surface area contributed by atoms with Gasteiger partial charge in [0.05, 0.1) is 11.5 Å². The van der Waals surface area contributed by atoms with Crippen LogP contribution in [-0.2, 0) is 0 Å². The van der Waals surface area contributed by atoms with Crippen molar-refractivity contribution in [1.82, 2.24) is 20.0 Å². The van der Waals surface area contributed by atoms with Gasteiger partial charge in [0.15, 0.2) is 0 Å². The van der Waals surface area contributed by atoms with Crippen LogP contribution >= 0.6 is 11.3 Å². The zero-order valence-electron chi connectivity index (χ0n) is 13.9. The van der Waals surface area contributed by atoms with E-state index in [1.165, 1.54) is 0 Å². The van der Waals surface area contributed by atoms with Gasteiger partial charge in [0.2, 0.25) is 11.7 Å². The maximum absolute atomic E-state index is 12.7. The van der Waals surface area contributed by atoms with Crippen molar-refractivity contribution in [3.8, 4) is 11.4 Å². The van der Waals surface area contributed by atoms with Gasteiger partial charge in [-0.15, -0.1) is 11.3 Å². The summed E-state index contributed by atoms with van der Waals surface area (Å²) < 4.78 is 5.47. The quantitative estimate of drug-likeness (QED) is 0.719. The molecule has 0 saturated carbocycles. The maximum atomic E-state index is 12.7. The minimum absolute atomic E-state index is 0.0790. The summed E-state index contributed by atoms with van der Waals surface area (Å²) in [6.45, 7) is 3.40. The lowest BCUT2D eigenvalue weighted by atomic mass is 9.97. The van der Waals surface area contributed by atoms with Crippen LogP contribution in [0.4, 0.5) is 0 Å². The van der Waals surface area contributed by atoms with Gasteiger partial charge in [-0.1, -0.05) is 5.16 Å². The zero-order chi connectivity index (χ0) is 17.2. The zero-order valence-corrected chi connectivity index (χ0v) is 14.7. The van der Waals surface area contributed by atoms with Gasteiger partial charge >= 0.3 is 0 Å². The van der Waals surface area contributed by atoms with Crippen LogP contribution < -0.4 is 0 Å². The standard InChI is InChI=1S/C18H18N4O2S/c1-12-8-15(11-25-12)18(23)22-7-3-5-14(10-22)17-20-16(21-24-17)13-4-2-6-19-9-13/h2,4,6,8-9,11,14H,3,5,7,10H2,1H3/t14-/m1/s1. The Labute approximate surface area is 149 Å². The predicted molar refractivity (Wildman–Crippen MR) is 94.5 cm³/mol. The summed E-state index contributed by atoms with van der Waals surface area (Å²) in [5.74, 6) is 1.30. The highest BCUT2D eigenvalue weighted by molar-refractivity contribution is 7.10. The highest BCUT2D eigenvalue weighted by Crippen LogP contribution is 2.28. The topological polar surface area (TPSA) is 72.1 Å². The average molecular weight is 354 g/mol. The molecule has 1 aliphatic rings. The predicted octanol–water partition coefficient (Wildman–Crippen LogP) is 3.52. The smallest absolute Gasteiger partial charge is 0.254 e. The lowest BCUT2D eigenvalue weighted by molar-refractivity contribution is 0.0696. The summed E-state index contributed by atoms with van der Waals surface area (Å²) in [4.78, 5) is 24.3. The molecule has 7 heteroatoms. The number of hydrogen-bond acceptors (Lipinski definition) is 6. The van der Waals surface area contributed by atoms with Gasteiger partial charge in [0.25, 0.3) is 5.91 Å². The first-order valence-corrected chi connectivity index (χ1v) is 9.17. The van der Waals surface area contributed by atoms with Crippen molar-refractivity contribution in [3.63, 3.8) is 0 Å². The number of hydrogen-bond donors (Lipinski definition) is 0. The monoisotopic (exact) mass is 354 g/mol. The summed E-state index contributed by atoms with van der Waals surface area (Å²) in [7, 11) is 0. The van der Waals surface area contributed by atoms with Crippen LogP contribution in [0.3, 0.4) is 0 Å². The van der Waals surface area contributed by atoms with E-state index in [4.69, 9.17) is 4.52 Å². The highest BCUT2D eigenvalue weighted by Gasteiger charge is 2.29. The number of thiophene rings is 1. The van der Waals surface area contributed by atoms with Gasteiger partial charge in [0, 0.05) is 41.3 Å². The summed E-state index contributed by atoms with van der Waals surface area (Å²) in [6.07, 6.45) is 5.30. The first kappa shape index (κ1) is 16.0. The Bertz CT molecular complexity index is 874. The minimum Gasteiger partial charge on any atom is -0.339 e. The third kappa shape index (κ3) is 3.32. The maximum Gasteiger partial charge on any atom is 0.254 e. The molecule has 0 aliphatic carbocycles. The van der Waals surface area contributed by atoms with E-state index in [0.717, 1.165) is 35.4 Å². The molecule has 3 aromatic rings. The van der Waals surface area contributed by atoms with Crippen LogP contribution in [0.25, 0.3) is 11.4 Å². The van der Waals surface area contributed by atoms with E-state index < -0.39 is 0 Å². The number of aromatic nitrogens is 3. The Morgan fingerprint density at radius 2 is 2.36 bits per heavy atom. The van der Waals surface area contributed by atoms with Gasteiger partial charge < -0.3 is 9.42 Å². The Morgan fingerprint density at radius 1 is 1.44 bits per heavy atom. The van der Waals surface area contributed by atoms with E-state index in [2.05, 4.69) is 15.1 Å². The van der Waals surface area contributed by atoms with Crippen LogP contribution in [0.1, 0.15) is 39.9 Å². The van der Waals surface area contributed by atoms with E-state index in [0.29, 0.717) is 18.3 Å². The van der Waals surface area contributed by atoms with E-state index in [-0.39, 0.29) is 11.8 Å². The Kier molecular flexibility index (Phi) is 4.31. The fourth-order valence-electron chi connectivity index (χ4n) is 3.11. The molecule has 0 aromatic carbocycles. The number of aryl methyl sites for hydroxylation is 1. The molecule has 6 nitrogen and oxygen atoms in total. The fraction of sp³-hybridized carbons (Fsp3) is 0.333. The lowest BCUT2D eigenvalue weighted by Gasteiger charge is -2.30. The van der Waals surface area contributed by atoms with E-state index in [1.54, 1.807) is 23.7 Å². The Balaban J connectivity index is 1.50. The van der Waals surface area contributed by atoms with Crippen LogP contribution in [0.5, 0.6) is 0 Å². The first-order valence-electron chi connectivity index (χ1n) is 8.29. The van der Waals surface area contributed by atoms with Crippen molar-refractivity contribution in [2.45, 2.75) is 25.7 Å². The second kappa shape index (κ2) is 6.76. The Morgan fingerprint density at radius 3 is 3.12 bits per heavy atom. The number of nitrogens with zero attached hydrogens (tertiary/aromatic N) is 4. The molecule has 0 unspecified atom stereocenters. The molecule has 3 aromatic heterocycles. The van der Waals surface area contributed by atoms with E-state index in [9.17, 15) is 4.79 Å². The number of carbonyl (C=O) groups is 1. The molecule has 4 heterocycles. The van der Waals surface area contributed by atoms with Gasteiger partial charge in [0.1, 0.15) is 0 Å². The van der Waals surface area contributed by atoms with Crippen LogP contribution in [0.2, 0.25) is 0 Å². The van der Waals surface area contributed by atoms with Crippen molar-refractivity contribution in [2.24, 2.45) is 0 Å². The number of piperidine rings is 1. The van der Waals surface area contributed by atoms with Crippen molar-refractivity contribution < 1.29 is 9.32 Å². The highest BCUT2D eigenvalue weighted by atomic mass is 32.1. The second-order valence-electron chi connectivity index (χ2n) is 6.23. The normalized spacial score (nSPS) is 17.6. The first-order chi connectivity index (χ1) is 12.2. The van der Waals surface area contributed by atoms with Crippen LogP contribution in [0.15, 0.2) is 40.5 Å². The Hall–Kier alpha value is -2.54. The van der Waals surface area contributed by atoms with Crippen molar-refractivity contribution in [2.75, 3.05) is 13.1 Å². The van der Waals surface area contributed by atoms with Gasteiger partial charge in [-0.25, -0.2) is 0 Å². The summed E-state index contributed by atoms with van der Waals surface area (Å²) in [5, 5.41) is 5.99. The average Bonchev–Trinajstić information content (AvgIpc) is 3.31. The molecule has 25 heavy (non-hydrogen) atoms. The fourth-order valence-corrected chi connectivity index (χ4v) is 3.79. The van der Waals surface area contributed by atoms with Crippen molar-refractivity contribution >= 4 is 17.2 Å². The number of rotatable bonds is 3.